The molecular weight excluding hydrogens is 297 g/mol. The Hall–Kier alpha value is -0.770. The van der Waals surface area contributed by atoms with Crippen molar-refractivity contribution in [2.45, 2.75) is 6.42 Å². The van der Waals surface area contributed by atoms with Crippen molar-refractivity contribution in [2.75, 3.05) is 18.0 Å². The summed E-state index contributed by atoms with van der Waals surface area (Å²) in [6.45, 7) is 9.43. The monoisotopic (exact) mass is 313 g/mol. The van der Waals surface area contributed by atoms with Crippen LogP contribution in [0.3, 0.4) is 0 Å². The Bertz CT molecular complexity index is 333. The molecule has 2 heteroatoms. The first-order chi connectivity index (χ1) is 7.29. The maximum Gasteiger partial charge on any atom is 0.0504 e. The van der Waals surface area contributed by atoms with Gasteiger partial charge in [-0.25, -0.2) is 0 Å². The van der Waals surface area contributed by atoms with Crippen LogP contribution in [-0.2, 0) is 0 Å². The standard InChI is InChI=1S/C13H16IN/c1-3-5-11-15(10-4-2)13-9-7-6-8-12(13)14/h3-4,6-9H,1-2,5,10-11H2. The Morgan fingerprint density at radius 3 is 2.53 bits per heavy atom. The van der Waals surface area contributed by atoms with Crippen molar-refractivity contribution in [1.82, 2.24) is 0 Å². The van der Waals surface area contributed by atoms with Gasteiger partial charge in [-0.1, -0.05) is 24.3 Å². The van der Waals surface area contributed by atoms with Crippen LogP contribution in [0.15, 0.2) is 49.6 Å². The quantitative estimate of drug-likeness (QED) is 0.569. The summed E-state index contributed by atoms with van der Waals surface area (Å²) in [6, 6.07) is 8.40. The molecule has 0 saturated heterocycles. The van der Waals surface area contributed by atoms with Crippen LogP contribution in [0.1, 0.15) is 6.42 Å². The minimum absolute atomic E-state index is 0.883. The molecule has 0 aliphatic rings. The Labute approximate surface area is 106 Å². The second kappa shape index (κ2) is 6.67. The van der Waals surface area contributed by atoms with Crippen molar-refractivity contribution in [3.05, 3.63) is 53.1 Å². The Balaban J connectivity index is 2.82. The maximum absolute atomic E-state index is 3.79. The van der Waals surface area contributed by atoms with Gasteiger partial charge in [0.2, 0.25) is 0 Å². The SMILES string of the molecule is C=CCCN(CC=C)c1ccccc1I. The highest BCUT2D eigenvalue weighted by Gasteiger charge is 2.06. The molecule has 0 amide bonds. The first-order valence-corrected chi connectivity index (χ1v) is 6.08. The van der Waals surface area contributed by atoms with Gasteiger partial charge in [-0.05, 0) is 41.1 Å². The third kappa shape index (κ3) is 3.70. The highest BCUT2D eigenvalue weighted by molar-refractivity contribution is 14.1. The molecular formula is C13H16IN. The summed E-state index contributed by atoms with van der Waals surface area (Å²) in [6.07, 6.45) is 4.89. The third-order valence-corrected chi connectivity index (χ3v) is 3.06. The number of hydrogen-bond acceptors (Lipinski definition) is 1. The van der Waals surface area contributed by atoms with Gasteiger partial charge in [-0.15, -0.1) is 13.2 Å². The number of halogens is 1. The Kier molecular flexibility index (Phi) is 5.47. The molecule has 0 spiro atoms. The molecule has 0 aromatic heterocycles. The first kappa shape index (κ1) is 12.3. The van der Waals surface area contributed by atoms with E-state index in [1.807, 2.05) is 12.2 Å². The molecule has 0 saturated carbocycles. The van der Waals surface area contributed by atoms with E-state index in [2.05, 4.69) is 64.9 Å². The lowest BCUT2D eigenvalue weighted by atomic mass is 10.2. The molecule has 80 valence electrons. The lowest BCUT2D eigenvalue weighted by molar-refractivity contribution is 0.852. The molecule has 0 atom stereocenters. The fourth-order valence-corrected chi connectivity index (χ4v) is 2.15. The van der Waals surface area contributed by atoms with E-state index in [1.54, 1.807) is 0 Å². The van der Waals surface area contributed by atoms with Gasteiger partial charge in [0, 0.05) is 16.7 Å². The fourth-order valence-electron chi connectivity index (χ4n) is 1.42. The number of nitrogens with zero attached hydrogens (tertiary/aromatic N) is 1. The second-order valence-electron chi connectivity index (χ2n) is 3.26. The number of hydrogen-bond donors (Lipinski definition) is 0. The summed E-state index contributed by atoms with van der Waals surface area (Å²) in [4.78, 5) is 2.32. The van der Waals surface area contributed by atoms with E-state index in [0.29, 0.717) is 0 Å². The lowest BCUT2D eigenvalue weighted by Gasteiger charge is -2.23. The highest BCUT2D eigenvalue weighted by atomic mass is 127. The molecule has 1 rings (SSSR count). The number of benzene rings is 1. The van der Waals surface area contributed by atoms with Crippen LogP contribution in [0.5, 0.6) is 0 Å². The van der Waals surface area contributed by atoms with E-state index in [4.69, 9.17) is 0 Å². The van der Waals surface area contributed by atoms with Gasteiger partial charge in [0.1, 0.15) is 0 Å². The van der Waals surface area contributed by atoms with Crippen LogP contribution in [-0.4, -0.2) is 13.1 Å². The largest absolute Gasteiger partial charge is 0.367 e. The maximum atomic E-state index is 3.79. The second-order valence-corrected chi connectivity index (χ2v) is 4.43. The smallest absolute Gasteiger partial charge is 0.0504 e. The van der Waals surface area contributed by atoms with E-state index < -0.39 is 0 Å². The highest BCUT2D eigenvalue weighted by Crippen LogP contribution is 2.22. The van der Waals surface area contributed by atoms with E-state index in [1.165, 1.54) is 9.26 Å². The van der Waals surface area contributed by atoms with Crippen LogP contribution in [0.2, 0.25) is 0 Å². The third-order valence-electron chi connectivity index (χ3n) is 2.15. The molecule has 1 nitrogen and oxygen atoms in total. The van der Waals surface area contributed by atoms with Crippen LogP contribution >= 0.6 is 22.6 Å². The molecule has 0 heterocycles. The zero-order valence-corrected chi connectivity index (χ0v) is 11.0. The average molecular weight is 313 g/mol. The van der Waals surface area contributed by atoms with Crippen LogP contribution < -0.4 is 4.90 Å². The molecule has 1 aromatic carbocycles. The van der Waals surface area contributed by atoms with Gasteiger partial charge >= 0.3 is 0 Å². The normalized spacial score (nSPS) is 9.67. The Morgan fingerprint density at radius 2 is 1.93 bits per heavy atom. The summed E-state index contributed by atoms with van der Waals surface area (Å²) >= 11 is 2.37. The molecule has 0 aliphatic carbocycles. The van der Waals surface area contributed by atoms with Crippen molar-refractivity contribution in [3.63, 3.8) is 0 Å². The molecule has 1 aromatic rings. The number of para-hydroxylation sites is 1. The summed E-state index contributed by atoms with van der Waals surface area (Å²) in [5.74, 6) is 0. The van der Waals surface area contributed by atoms with E-state index in [-0.39, 0.29) is 0 Å². The van der Waals surface area contributed by atoms with E-state index in [0.717, 1.165) is 19.5 Å². The van der Waals surface area contributed by atoms with Gasteiger partial charge in [0.05, 0.1) is 5.69 Å². The molecule has 0 aliphatic heterocycles. The number of anilines is 1. The molecule has 0 N–H and O–H groups in total. The molecule has 0 bridgehead atoms. The van der Waals surface area contributed by atoms with Gasteiger partial charge in [0.25, 0.3) is 0 Å². The summed E-state index contributed by atoms with van der Waals surface area (Å²) in [7, 11) is 0. The van der Waals surface area contributed by atoms with E-state index in [9.17, 15) is 0 Å². The van der Waals surface area contributed by atoms with Crippen molar-refractivity contribution in [1.29, 1.82) is 0 Å². The minimum atomic E-state index is 0.883. The van der Waals surface area contributed by atoms with Crippen LogP contribution in [0.4, 0.5) is 5.69 Å². The van der Waals surface area contributed by atoms with Gasteiger partial charge in [-0.3, -0.25) is 0 Å². The average Bonchev–Trinajstić information content (AvgIpc) is 2.25. The van der Waals surface area contributed by atoms with Crippen LogP contribution in [0.25, 0.3) is 0 Å². The first-order valence-electron chi connectivity index (χ1n) is 5.01. The summed E-state index contributed by atoms with van der Waals surface area (Å²) in [5, 5.41) is 0. The predicted octanol–water partition coefficient (Wildman–Crippen LogP) is 3.86. The summed E-state index contributed by atoms with van der Waals surface area (Å²) in [5.41, 5.74) is 1.28. The van der Waals surface area contributed by atoms with Gasteiger partial charge < -0.3 is 4.90 Å². The van der Waals surface area contributed by atoms with Gasteiger partial charge in [-0.2, -0.15) is 0 Å². The molecule has 0 fully saturated rings. The zero-order valence-electron chi connectivity index (χ0n) is 8.82. The fraction of sp³-hybridized carbons (Fsp3) is 0.231. The minimum Gasteiger partial charge on any atom is -0.367 e. The molecule has 0 radical (unpaired) electrons. The van der Waals surface area contributed by atoms with Crippen molar-refractivity contribution >= 4 is 28.3 Å². The topological polar surface area (TPSA) is 3.24 Å². The predicted molar refractivity (Wildman–Crippen MR) is 76.4 cm³/mol. The Morgan fingerprint density at radius 1 is 1.20 bits per heavy atom. The number of rotatable bonds is 6. The van der Waals surface area contributed by atoms with Crippen molar-refractivity contribution in [3.8, 4) is 0 Å². The summed E-state index contributed by atoms with van der Waals surface area (Å²) < 4.78 is 1.28. The van der Waals surface area contributed by atoms with E-state index >= 15 is 0 Å². The molecule has 15 heavy (non-hydrogen) atoms. The van der Waals surface area contributed by atoms with Crippen molar-refractivity contribution < 1.29 is 0 Å². The molecule has 0 unspecified atom stereocenters. The lowest BCUT2D eigenvalue weighted by Crippen LogP contribution is -2.24. The van der Waals surface area contributed by atoms with Gasteiger partial charge in [0.15, 0.2) is 0 Å². The zero-order chi connectivity index (χ0) is 11.1. The van der Waals surface area contributed by atoms with Crippen LogP contribution in [0, 0.1) is 3.57 Å². The van der Waals surface area contributed by atoms with Crippen molar-refractivity contribution in [2.24, 2.45) is 0 Å².